The molecule has 1 aliphatic heterocycles. The Morgan fingerprint density at radius 1 is 0.841 bits per heavy atom. The van der Waals surface area contributed by atoms with Gasteiger partial charge in [0, 0.05) is 0 Å². The second-order valence-corrected chi connectivity index (χ2v) is 12.8. The SMILES string of the molecule is CCCCCCCCCCC(C#N)(CCCCCCN1CCC(C(O)c2ccc(F)cc2)CC1)c1ccc(OC)c(OC)c1. The van der Waals surface area contributed by atoms with Gasteiger partial charge in [-0.05, 0) is 93.0 Å². The number of ether oxygens (including phenoxy) is 2. The fourth-order valence-corrected chi connectivity index (χ4v) is 6.82. The number of hydrogen-bond acceptors (Lipinski definition) is 5. The van der Waals surface area contributed by atoms with Crippen LogP contribution >= 0.6 is 0 Å². The van der Waals surface area contributed by atoms with Crippen LogP contribution in [0.3, 0.4) is 0 Å². The Labute approximate surface area is 266 Å². The smallest absolute Gasteiger partial charge is 0.161 e. The van der Waals surface area contributed by atoms with Gasteiger partial charge in [0.25, 0.3) is 0 Å². The van der Waals surface area contributed by atoms with Crippen LogP contribution in [0, 0.1) is 23.1 Å². The molecule has 0 spiro atoms. The van der Waals surface area contributed by atoms with Gasteiger partial charge in [0.2, 0.25) is 0 Å². The van der Waals surface area contributed by atoms with E-state index in [0.717, 1.165) is 88.5 Å². The van der Waals surface area contributed by atoms with Crippen LogP contribution in [-0.2, 0) is 5.41 Å². The van der Waals surface area contributed by atoms with Gasteiger partial charge >= 0.3 is 0 Å². The molecular formula is C38H57FN2O3. The van der Waals surface area contributed by atoms with Gasteiger partial charge in [-0.3, -0.25) is 0 Å². The van der Waals surface area contributed by atoms with Crippen molar-refractivity contribution in [3.63, 3.8) is 0 Å². The third kappa shape index (κ3) is 11.1. The first-order chi connectivity index (χ1) is 21.5. The lowest BCUT2D eigenvalue weighted by molar-refractivity contribution is 0.0583. The van der Waals surface area contributed by atoms with Crippen LogP contribution in [0.2, 0.25) is 0 Å². The van der Waals surface area contributed by atoms with E-state index in [0.29, 0.717) is 11.5 Å². The second kappa shape index (κ2) is 19.7. The summed E-state index contributed by atoms with van der Waals surface area (Å²) >= 11 is 0. The maximum absolute atomic E-state index is 13.3. The van der Waals surface area contributed by atoms with Crippen molar-refractivity contribution >= 4 is 0 Å². The van der Waals surface area contributed by atoms with Crippen LogP contribution in [-0.4, -0.2) is 43.9 Å². The lowest BCUT2D eigenvalue weighted by Gasteiger charge is -2.34. The molecule has 2 aromatic rings. The molecule has 0 radical (unpaired) electrons. The van der Waals surface area contributed by atoms with Crippen molar-refractivity contribution in [2.75, 3.05) is 33.9 Å². The first-order valence-corrected chi connectivity index (χ1v) is 17.3. The van der Waals surface area contributed by atoms with Crippen molar-refractivity contribution in [1.82, 2.24) is 4.90 Å². The van der Waals surface area contributed by atoms with E-state index in [1.807, 2.05) is 12.1 Å². The number of hydrogen-bond donors (Lipinski definition) is 1. The lowest BCUT2D eigenvalue weighted by atomic mass is 9.73. The average Bonchev–Trinajstić information content (AvgIpc) is 3.06. The number of benzene rings is 2. The summed E-state index contributed by atoms with van der Waals surface area (Å²) in [7, 11) is 3.31. The summed E-state index contributed by atoms with van der Waals surface area (Å²) in [5.74, 6) is 1.35. The fourth-order valence-electron chi connectivity index (χ4n) is 6.82. The third-order valence-corrected chi connectivity index (χ3v) is 9.73. The highest BCUT2D eigenvalue weighted by Gasteiger charge is 2.32. The summed E-state index contributed by atoms with van der Waals surface area (Å²) in [5, 5.41) is 21.3. The summed E-state index contributed by atoms with van der Waals surface area (Å²) in [4.78, 5) is 2.51. The minimum absolute atomic E-state index is 0.230. The normalized spacial score (nSPS) is 16.3. The first-order valence-electron chi connectivity index (χ1n) is 17.3. The largest absolute Gasteiger partial charge is 0.493 e. The molecule has 2 aromatic carbocycles. The highest BCUT2D eigenvalue weighted by Crippen LogP contribution is 2.40. The summed E-state index contributed by atoms with van der Waals surface area (Å²) < 4.78 is 24.3. The lowest BCUT2D eigenvalue weighted by Crippen LogP contribution is -2.36. The Bertz CT molecular complexity index is 1110. The van der Waals surface area contributed by atoms with E-state index in [1.54, 1.807) is 26.4 Å². The molecule has 44 heavy (non-hydrogen) atoms. The maximum atomic E-state index is 13.3. The van der Waals surface area contributed by atoms with Crippen LogP contribution in [0.5, 0.6) is 11.5 Å². The number of nitrogens with zero attached hydrogens (tertiary/aromatic N) is 2. The topological polar surface area (TPSA) is 65.7 Å². The van der Waals surface area contributed by atoms with Gasteiger partial charge in [-0.25, -0.2) is 4.39 Å². The number of likely N-dealkylation sites (tertiary alicyclic amines) is 1. The van der Waals surface area contributed by atoms with Gasteiger partial charge in [0.05, 0.1) is 31.8 Å². The van der Waals surface area contributed by atoms with Crippen LogP contribution < -0.4 is 9.47 Å². The third-order valence-electron chi connectivity index (χ3n) is 9.73. The number of unbranched alkanes of at least 4 members (excludes halogenated alkanes) is 10. The zero-order chi connectivity index (χ0) is 31.6. The van der Waals surface area contributed by atoms with Gasteiger partial charge in [-0.1, -0.05) is 95.8 Å². The standard InChI is InChI=1S/C38H57FN2O3/c1-4-5-6-7-8-9-10-13-24-38(30-40,33-18-21-35(43-2)36(29-33)44-3)25-14-11-12-15-26-41-27-22-32(23-28-41)37(42)31-16-19-34(39)20-17-31/h16-21,29,32,37,42H,4-15,22-28H2,1-3H3. The van der Waals surface area contributed by atoms with E-state index in [1.165, 1.54) is 57.1 Å². The number of aliphatic hydroxyl groups is 1. The molecule has 1 heterocycles. The molecule has 0 aromatic heterocycles. The molecular weight excluding hydrogens is 551 g/mol. The van der Waals surface area contributed by atoms with E-state index in [-0.39, 0.29) is 11.7 Å². The van der Waals surface area contributed by atoms with Gasteiger partial charge in [0.1, 0.15) is 5.82 Å². The predicted molar refractivity (Wildman–Crippen MR) is 178 cm³/mol. The van der Waals surface area contributed by atoms with Crippen molar-refractivity contribution in [1.29, 1.82) is 5.26 Å². The van der Waals surface area contributed by atoms with Crippen molar-refractivity contribution in [3.05, 3.63) is 59.4 Å². The number of methoxy groups -OCH3 is 2. The fraction of sp³-hybridized carbons (Fsp3) is 0.658. The zero-order valence-corrected chi connectivity index (χ0v) is 27.7. The van der Waals surface area contributed by atoms with E-state index in [9.17, 15) is 14.8 Å². The van der Waals surface area contributed by atoms with Gasteiger partial charge in [-0.2, -0.15) is 5.26 Å². The Kier molecular flexibility index (Phi) is 16.1. The summed E-state index contributed by atoms with van der Waals surface area (Å²) in [5.41, 5.74) is 1.36. The van der Waals surface area contributed by atoms with Crippen molar-refractivity contribution in [2.24, 2.45) is 5.92 Å². The van der Waals surface area contributed by atoms with E-state index in [2.05, 4.69) is 24.0 Å². The summed E-state index contributed by atoms with van der Waals surface area (Å²) in [6.45, 7) is 5.33. The van der Waals surface area contributed by atoms with Crippen LogP contribution in [0.15, 0.2) is 42.5 Å². The predicted octanol–water partition coefficient (Wildman–Crippen LogP) is 9.53. The van der Waals surface area contributed by atoms with Crippen LogP contribution in [0.4, 0.5) is 4.39 Å². The molecule has 2 unspecified atom stereocenters. The monoisotopic (exact) mass is 608 g/mol. The average molecular weight is 609 g/mol. The number of rotatable bonds is 21. The number of aliphatic hydroxyl groups excluding tert-OH is 1. The first kappa shape index (κ1) is 35.9. The molecule has 1 aliphatic rings. The number of piperidine rings is 1. The summed E-state index contributed by atoms with van der Waals surface area (Å²) in [6.07, 6.45) is 17.7. The Morgan fingerprint density at radius 2 is 1.41 bits per heavy atom. The highest BCUT2D eigenvalue weighted by molar-refractivity contribution is 5.47. The minimum atomic E-state index is -0.519. The Balaban J connectivity index is 1.44. The highest BCUT2D eigenvalue weighted by atomic mass is 19.1. The molecule has 0 saturated carbocycles. The quantitative estimate of drug-likeness (QED) is 0.143. The molecule has 3 rings (SSSR count). The zero-order valence-electron chi connectivity index (χ0n) is 27.7. The van der Waals surface area contributed by atoms with E-state index < -0.39 is 11.5 Å². The molecule has 0 aliphatic carbocycles. The van der Waals surface area contributed by atoms with Gasteiger partial charge in [-0.15, -0.1) is 0 Å². The molecule has 244 valence electrons. The maximum Gasteiger partial charge on any atom is 0.161 e. The van der Waals surface area contributed by atoms with Crippen LogP contribution in [0.1, 0.15) is 127 Å². The van der Waals surface area contributed by atoms with Crippen molar-refractivity contribution in [2.45, 2.75) is 121 Å². The molecule has 0 bridgehead atoms. The minimum Gasteiger partial charge on any atom is -0.493 e. The number of halogens is 1. The Hall–Kier alpha value is -2.62. The molecule has 5 nitrogen and oxygen atoms in total. The van der Waals surface area contributed by atoms with E-state index >= 15 is 0 Å². The van der Waals surface area contributed by atoms with Gasteiger partial charge < -0.3 is 19.5 Å². The molecule has 2 atom stereocenters. The van der Waals surface area contributed by atoms with Crippen molar-refractivity contribution < 1.29 is 19.0 Å². The Morgan fingerprint density at radius 3 is 1.98 bits per heavy atom. The van der Waals surface area contributed by atoms with Gasteiger partial charge in [0.15, 0.2) is 11.5 Å². The molecule has 1 saturated heterocycles. The molecule has 1 fully saturated rings. The van der Waals surface area contributed by atoms with Crippen molar-refractivity contribution in [3.8, 4) is 17.6 Å². The van der Waals surface area contributed by atoms with Crippen LogP contribution in [0.25, 0.3) is 0 Å². The molecule has 0 amide bonds. The van der Waals surface area contributed by atoms with E-state index in [4.69, 9.17) is 9.47 Å². The molecule has 1 N–H and O–H groups in total. The molecule has 6 heteroatoms. The number of nitriles is 1. The second-order valence-electron chi connectivity index (χ2n) is 12.8. The summed E-state index contributed by atoms with van der Waals surface area (Å²) in [6, 6.07) is 15.0.